The first-order chi connectivity index (χ1) is 9.11. The lowest BCUT2D eigenvalue weighted by Crippen LogP contribution is -2.39. The Kier molecular flexibility index (Phi) is 4.77. The number of hydrogen-bond donors (Lipinski definition) is 2. The first-order valence-corrected chi connectivity index (χ1v) is 7.56. The zero-order valence-electron chi connectivity index (χ0n) is 12.3. The summed E-state index contributed by atoms with van der Waals surface area (Å²) in [5, 5.41) is 0. The lowest BCUT2D eigenvalue weighted by Gasteiger charge is -2.17. The molecule has 0 amide bonds. The summed E-state index contributed by atoms with van der Waals surface area (Å²) in [5.74, 6) is -0.649. The number of ether oxygens (including phenoxy) is 1. The number of nitrogens with two attached hydrogens (primary N) is 1. The van der Waals surface area contributed by atoms with E-state index in [1.54, 1.807) is 19.9 Å². The van der Waals surface area contributed by atoms with E-state index >= 15 is 0 Å². The fraction of sp³-hybridized carbons (Fsp3) is 0.462. The minimum atomic E-state index is -3.85. The molecule has 0 aliphatic rings. The van der Waals surface area contributed by atoms with Crippen LogP contribution in [0.15, 0.2) is 11.0 Å². The van der Waals surface area contributed by atoms with Gasteiger partial charge in [-0.3, -0.25) is 4.79 Å². The van der Waals surface area contributed by atoms with Crippen LogP contribution in [0, 0.1) is 20.8 Å². The fourth-order valence-corrected chi connectivity index (χ4v) is 3.79. The lowest BCUT2D eigenvalue weighted by atomic mass is 10.1. The minimum absolute atomic E-state index is 0.108. The smallest absolute Gasteiger partial charge is 0.323 e. The average molecular weight is 300 g/mol. The molecule has 0 fully saturated rings. The number of esters is 1. The predicted molar refractivity (Wildman–Crippen MR) is 76.9 cm³/mol. The first kappa shape index (κ1) is 16.5. The molecule has 1 atom stereocenters. The van der Waals surface area contributed by atoms with E-state index in [0.717, 1.165) is 5.56 Å². The monoisotopic (exact) mass is 300 g/mol. The van der Waals surface area contributed by atoms with Gasteiger partial charge in [-0.2, -0.15) is 4.72 Å². The van der Waals surface area contributed by atoms with Crippen LogP contribution in [0.5, 0.6) is 0 Å². The Morgan fingerprint density at radius 2 is 1.85 bits per heavy atom. The Labute approximate surface area is 119 Å². The van der Waals surface area contributed by atoms with Crippen LogP contribution < -0.4 is 10.5 Å². The van der Waals surface area contributed by atoms with Crippen LogP contribution >= 0.6 is 0 Å². The molecule has 1 aromatic rings. The van der Waals surface area contributed by atoms with Crippen LogP contribution in [0.1, 0.15) is 23.6 Å². The first-order valence-electron chi connectivity index (χ1n) is 6.08. The van der Waals surface area contributed by atoms with Crippen LogP contribution in [0.2, 0.25) is 0 Å². The Hall–Kier alpha value is -1.60. The van der Waals surface area contributed by atoms with E-state index in [1.807, 2.05) is 6.92 Å². The fourth-order valence-electron chi connectivity index (χ4n) is 2.11. The highest BCUT2D eigenvalue weighted by molar-refractivity contribution is 7.89. The van der Waals surface area contributed by atoms with Crippen molar-refractivity contribution in [2.75, 3.05) is 12.8 Å². The summed E-state index contributed by atoms with van der Waals surface area (Å²) in [7, 11) is -2.64. The van der Waals surface area contributed by atoms with E-state index < -0.39 is 22.0 Å². The highest BCUT2D eigenvalue weighted by Crippen LogP contribution is 2.28. The van der Waals surface area contributed by atoms with Crippen molar-refractivity contribution in [2.45, 2.75) is 38.6 Å². The lowest BCUT2D eigenvalue weighted by molar-refractivity contribution is -0.142. The van der Waals surface area contributed by atoms with Crippen molar-refractivity contribution in [1.82, 2.24) is 4.72 Å². The van der Waals surface area contributed by atoms with Gasteiger partial charge in [-0.15, -0.1) is 0 Å². The van der Waals surface area contributed by atoms with Gasteiger partial charge in [0.05, 0.1) is 12.0 Å². The molecule has 1 rings (SSSR count). The summed E-state index contributed by atoms with van der Waals surface area (Å²) < 4.78 is 31.6. The molecule has 112 valence electrons. The molecule has 0 aliphatic carbocycles. The number of nitrogen functional groups attached to an aromatic ring is 1. The Balaban J connectivity index is 3.30. The van der Waals surface area contributed by atoms with Crippen molar-refractivity contribution in [3.05, 3.63) is 22.8 Å². The van der Waals surface area contributed by atoms with Gasteiger partial charge in [0, 0.05) is 5.69 Å². The summed E-state index contributed by atoms with van der Waals surface area (Å²) in [6, 6.07) is 0.742. The topological polar surface area (TPSA) is 98.5 Å². The summed E-state index contributed by atoms with van der Waals surface area (Å²) in [5.41, 5.74) is 8.19. The maximum atomic E-state index is 12.4. The number of carbonyl (C=O) groups excluding carboxylic acids is 1. The van der Waals surface area contributed by atoms with Gasteiger partial charge in [0.2, 0.25) is 10.0 Å². The molecule has 0 saturated heterocycles. The van der Waals surface area contributed by atoms with Crippen molar-refractivity contribution in [1.29, 1.82) is 0 Å². The largest absolute Gasteiger partial charge is 0.468 e. The van der Waals surface area contributed by atoms with Gasteiger partial charge in [0.15, 0.2) is 0 Å². The van der Waals surface area contributed by atoms with E-state index in [9.17, 15) is 13.2 Å². The minimum Gasteiger partial charge on any atom is -0.468 e. The van der Waals surface area contributed by atoms with Crippen LogP contribution in [-0.4, -0.2) is 27.5 Å². The molecule has 3 N–H and O–H groups in total. The molecule has 0 spiro atoms. The van der Waals surface area contributed by atoms with Gasteiger partial charge in [-0.05, 0) is 44.4 Å². The maximum absolute atomic E-state index is 12.4. The molecular formula is C13H20N2O4S. The zero-order valence-corrected chi connectivity index (χ0v) is 13.1. The molecule has 7 heteroatoms. The SMILES string of the molecule is COC(=O)C(C)NS(=O)(=O)c1c(C)cc(C)c(N)c1C. The second-order valence-corrected chi connectivity index (χ2v) is 6.40. The van der Waals surface area contributed by atoms with Crippen LogP contribution in [0.3, 0.4) is 0 Å². The highest BCUT2D eigenvalue weighted by Gasteiger charge is 2.26. The molecule has 0 saturated carbocycles. The van der Waals surface area contributed by atoms with Gasteiger partial charge in [-0.25, -0.2) is 8.42 Å². The van der Waals surface area contributed by atoms with Gasteiger partial charge >= 0.3 is 5.97 Å². The molecule has 1 aromatic carbocycles. The van der Waals surface area contributed by atoms with Crippen molar-refractivity contribution in [3.63, 3.8) is 0 Å². The van der Waals surface area contributed by atoms with Crippen molar-refractivity contribution >= 4 is 21.7 Å². The Bertz CT molecular complexity index is 638. The number of aryl methyl sites for hydroxylation is 2. The third-order valence-corrected chi connectivity index (χ3v) is 4.95. The normalized spacial score (nSPS) is 13.1. The Morgan fingerprint density at radius 1 is 1.30 bits per heavy atom. The second kappa shape index (κ2) is 5.80. The molecule has 1 unspecified atom stereocenters. The molecule has 0 aromatic heterocycles. The maximum Gasteiger partial charge on any atom is 0.323 e. The quantitative estimate of drug-likeness (QED) is 0.639. The van der Waals surface area contributed by atoms with Crippen LogP contribution in [0.4, 0.5) is 5.69 Å². The third kappa shape index (κ3) is 3.10. The summed E-state index contributed by atoms with van der Waals surface area (Å²) in [4.78, 5) is 11.4. The molecule has 0 bridgehead atoms. The van der Waals surface area contributed by atoms with Gasteiger partial charge in [0.1, 0.15) is 6.04 Å². The molecule has 6 nitrogen and oxygen atoms in total. The number of hydrogen-bond acceptors (Lipinski definition) is 5. The van der Waals surface area contributed by atoms with Gasteiger partial charge in [0.25, 0.3) is 0 Å². The van der Waals surface area contributed by atoms with Gasteiger partial charge < -0.3 is 10.5 Å². The molecule has 0 radical (unpaired) electrons. The number of rotatable bonds is 4. The molecule has 0 aliphatic heterocycles. The Morgan fingerprint density at radius 3 is 2.35 bits per heavy atom. The second-order valence-electron chi connectivity index (χ2n) is 4.74. The number of sulfonamides is 1. The molecule has 0 heterocycles. The molecule has 20 heavy (non-hydrogen) atoms. The van der Waals surface area contributed by atoms with Crippen LogP contribution in [-0.2, 0) is 19.6 Å². The van der Waals surface area contributed by atoms with Gasteiger partial charge in [-0.1, -0.05) is 6.07 Å². The van der Waals surface area contributed by atoms with E-state index in [0.29, 0.717) is 16.8 Å². The highest BCUT2D eigenvalue weighted by atomic mass is 32.2. The zero-order chi connectivity index (χ0) is 15.7. The van der Waals surface area contributed by atoms with Crippen molar-refractivity contribution < 1.29 is 17.9 Å². The number of anilines is 1. The summed E-state index contributed by atoms with van der Waals surface area (Å²) >= 11 is 0. The number of methoxy groups -OCH3 is 1. The van der Waals surface area contributed by atoms with E-state index in [4.69, 9.17) is 5.73 Å². The summed E-state index contributed by atoms with van der Waals surface area (Å²) in [6.45, 7) is 6.57. The van der Waals surface area contributed by atoms with E-state index in [-0.39, 0.29) is 4.90 Å². The summed E-state index contributed by atoms with van der Waals surface area (Å²) in [6.07, 6.45) is 0. The average Bonchev–Trinajstić information content (AvgIpc) is 2.33. The van der Waals surface area contributed by atoms with E-state index in [2.05, 4.69) is 9.46 Å². The standard InChI is InChI=1S/C13H20N2O4S/c1-7-6-8(2)12(9(3)11(7)14)20(17,18)15-10(4)13(16)19-5/h6,10,15H,14H2,1-5H3. The molecular weight excluding hydrogens is 280 g/mol. The number of carbonyl (C=O) groups is 1. The van der Waals surface area contributed by atoms with E-state index in [1.165, 1.54) is 14.0 Å². The third-order valence-electron chi connectivity index (χ3n) is 3.12. The number of nitrogens with one attached hydrogen (secondary N) is 1. The predicted octanol–water partition coefficient (Wildman–Crippen LogP) is 1.03. The van der Waals surface area contributed by atoms with Crippen molar-refractivity contribution in [3.8, 4) is 0 Å². The van der Waals surface area contributed by atoms with Crippen molar-refractivity contribution in [2.24, 2.45) is 0 Å². The van der Waals surface area contributed by atoms with Crippen LogP contribution in [0.25, 0.3) is 0 Å². The number of benzene rings is 1.